The van der Waals surface area contributed by atoms with Crippen LogP contribution < -0.4 is 9.99 Å². The number of rotatable bonds is 6. The van der Waals surface area contributed by atoms with Gasteiger partial charge in [0.05, 0.1) is 16.9 Å². The zero-order valence-electron chi connectivity index (χ0n) is 15.9. The van der Waals surface area contributed by atoms with E-state index in [2.05, 4.69) is 58.4 Å². The van der Waals surface area contributed by atoms with Gasteiger partial charge in [-0.3, -0.25) is 0 Å². The highest BCUT2D eigenvalue weighted by atomic mass is 32.1. The number of anilines is 1. The summed E-state index contributed by atoms with van der Waals surface area (Å²) in [6.45, 7) is 4.80. The lowest BCUT2D eigenvalue weighted by Crippen LogP contribution is -2.37. The minimum absolute atomic E-state index is 0.643. The molecule has 2 aromatic heterocycles. The number of aryl methyl sites for hydroxylation is 1. The Bertz CT molecular complexity index is 1070. The van der Waals surface area contributed by atoms with Gasteiger partial charge in [-0.2, -0.15) is 0 Å². The standard InChI is InChI=1S/C23H21N3OS/c1-17(19-10-5-3-6-11-19)24-25-23-26(16-21-14-9-15-27-21)22(18(2)28-23)20-12-7-4-8-13-20/h3-15H,16H2,1-2H3/p+1/b24-17+. The van der Waals surface area contributed by atoms with Crippen LogP contribution in [0.5, 0.6) is 0 Å². The highest BCUT2D eigenvalue weighted by molar-refractivity contribution is 7.15. The van der Waals surface area contributed by atoms with Gasteiger partial charge in [-0.15, -0.1) is 5.43 Å². The van der Waals surface area contributed by atoms with E-state index in [1.54, 1.807) is 17.6 Å². The molecule has 0 radical (unpaired) electrons. The summed E-state index contributed by atoms with van der Waals surface area (Å²) in [4.78, 5) is 1.23. The molecule has 2 heterocycles. The van der Waals surface area contributed by atoms with Crippen LogP contribution in [0.15, 0.2) is 88.6 Å². The first-order chi connectivity index (χ1) is 13.7. The molecule has 0 amide bonds. The summed E-state index contributed by atoms with van der Waals surface area (Å²) < 4.78 is 7.84. The van der Waals surface area contributed by atoms with Crippen molar-refractivity contribution in [1.29, 1.82) is 0 Å². The summed E-state index contributed by atoms with van der Waals surface area (Å²) in [7, 11) is 0. The number of aromatic nitrogens is 1. The number of hydrogen-bond acceptors (Lipinski definition) is 4. The molecule has 2 aromatic carbocycles. The number of nitrogens with zero attached hydrogens (tertiary/aromatic N) is 2. The summed E-state index contributed by atoms with van der Waals surface area (Å²) in [6, 6.07) is 24.5. The van der Waals surface area contributed by atoms with Crippen molar-refractivity contribution in [2.24, 2.45) is 5.10 Å². The molecule has 1 N–H and O–H groups in total. The van der Waals surface area contributed by atoms with Crippen molar-refractivity contribution in [2.75, 3.05) is 5.43 Å². The van der Waals surface area contributed by atoms with Crippen LogP contribution in [0.3, 0.4) is 0 Å². The van der Waals surface area contributed by atoms with Gasteiger partial charge in [0.1, 0.15) is 18.0 Å². The molecule has 4 rings (SSSR count). The second kappa shape index (κ2) is 8.23. The second-order valence-corrected chi connectivity index (χ2v) is 7.72. The van der Waals surface area contributed by atoms with Gasteiger partial charge in [-0.05, 0) is 42.9 Å². The summed E-state index contributed by atoms with van der Waals surface area (Å²) in [6.07, 6.45) is 1.71. The molecule has 140 valence electrons. The topological polar surface area (TPSA) is 41.4 Å². The quantitative estimate of drug-likeness (QED) is 0.270. The van der Waals surface area contributed by atoms with Crippen molar-refractivity contribution in [2.45, 2.75) is 20.4 Å². The van der Waals surface area contributed by atoms with Crippen LogP contribution in [0.1, 0.15) is 23.1 Å². The van der Waals surface area contributed by atoms with Crippen LogP contribution in [0.4, 0.5) is 5.13 Å². The van der Waals surface area contributed by atoms with E-state index in [-0.39, 0.29) is 0 Å². The molecule has 0 saturated carbocycles. The Kier molecular flexibility index (Phi) is 5.35. The Morgan fingerprint density at radius 3 is 2.39 bits per heavy atom. The Labute approximate surface area is 168 Å². The average molecular weight is 389 g/mol. The first-order valence-electron chi connectivity index (χ1n) is 9.19. The maximum absolute atomic E-state index is 5.61. The van der Waals surface area contributed by atoms with Crippen LogP contribution in [-0.2, 0) is 6.54 Å². The number of hydrazone groups is 1. The van der Waals surface area contributed by atoms with Gasteiger partial charge in [0.25, 0.3) is 0 Å². The fraction of sp³-hybridized carbons (Fsp3) is 0.130. The third-order valence-electron chi connectivity index (χ3n) is 4.55. The predicted molar refractivity (Wildman–Crippen MR) is 115 cm³/mol. The Balaban J connectivity index is 1.72. The summed E-state index contributed by atoms with van der Waals surface area (Å²) in [5, 5.41) is 5.60. The number of nitrogens with one attached hydrogen (secondary N) is 1. The molecule has 4 nitrogen and oxygen atoms in total. The maximum atomic E-state index is 5.61. The molecular weight excluding hydrogens is 366 g/mol. The highest BCUT2D eigenvalue weighted by Crippen LogP contribution is 2.29. The van der Waals surface area contributed by atoms with E-state index in [1.807, 2.05) is 43.3 Å². The first kappa shape index (κ1) is 18.2. The van der Waals surface area contributed by atoms with E-state index in [9.17, 15) is 0 Å². The van der Waals surface area contributed by atoms with Crippen LogP contribution in [0.25, 0.3) is 11.3 Å². The number of thiazole rings is 1. The summed E-state index contributed by atoms with van der Waals surface area (Å²) >= 11 is 1.70. The van der Waals surface area contributed by atoms with Crippen molar-refractivity contribution < 1.29 is 8.98 Å². The van der Waals surface area contributed by atoms with Gasteiger partial charge >= 0.3 is 5.13 Å². The lowest BCUT2D eigenvalue weighted by molar-refractivity contribution is -0.661. The molecule has 0 fully saturated rings. The minimum Gasteiger partial charge on any atom is -0.465 e. The predicted octanol–water partition coefficient (Wildman–Crippen LogP) is 5.49. The largest absolute Gasteiger partial charge is 0.465 e. The SMILES string of the molecule is C/C(=N\Nc1sc(C)c(-c2ccccc2)[n+]1Cc1ccco1)c1ccccc1. The van der Waals surface area contributed by atoms with E-state index in [0.717, 1.165) is 22.2 Å². The van der Waals surface area contributed by atoms with Gasteiger partial charge in [0.15, 0.2) is 0 Å². The van der Waals surface area contributed by atoms with E-state index in [1.165, 1.54) is 16.1 Å². The molecule has 0 bridgehead atoms. The van der Waals surface area contributed by atoms with Crippen LogP contribution >= 0.6 is 11.3 Å². The third kappa shape index (κ3) is 3.89. The Hall–Kier alpha value is -3.18. The number of furan rings is 1. The summed E-state index contributed by atoms with van der Waals surface area (Å²) in [5.41, 5.74) is 7.68. The molecule has 0 aliphatic carbocycles. The normalized spacial score (nSPS) is 11.6. The summed E-state index contributed by atoms with van der Waals surface area (Å²) in [5.74, 6) is 0.909. The fourth-order valence-corrected chi connectivity index (χ4v) is 4.14. The Morgan fingerprint density at radius 2 is 1.71 bits per heavy atom. The minimum atomic E-state index is 0.643. The first-order valence-corrected chi connectivity index (χ1v) is 10.0. The maximum Gasteiger partial charge on any atom is 0.360 e. The molecule has 0 aliphatic heterocycles. The highest BCUT2D eigenvalue weighted by Gasteiger charge is 2.24. The Morgan fingerprint density at radius 1 is 1.00 bits per heavy atom. The molecule has 5 heteroatoms. The van der Waals surface area contributed by atoms with Crippen molar-refractivity contribution in [1.82, 2.24) is 0 Å². The smallest absolute Gasteiger partial charge is 0.360 e. The molecular formula is C23H22N3OS+. The number of benzene rings is 2. The van der Waals surface area contributed by atoms with E-state index in [4.69, 9.17) is 4.42 Å². The van der Waals surface area contributed by atoms with Crippen LogP contribution in [-0.4, -0.2) is 5.71 Å². The third-order valence-corrected chi connectivity index (χ3v) is 5.55. The van der Waals surface area contributed by atoms with Crippen LogP contribution in [0, 0.1) is 6.92 Å². The van der Waals surface area contributed by atoms with Crippen molar-refractivity contribution >= 4 is 22.2 Å². The van der Waals surface area contributed by atoms with E-state index < -0.39 is 0 Å². The molecule has 4 aromatic rings. The molecule has 0 atom stereocenters. The molecule has 0 unspecified atom stereocenters. The molecule has 0 aliphatic rings. The van der Waals surface area contributed by atoms with E-state index >= 15 is 0 Å². The van der Waals surface area contributed by atoms with Gasteiger partial charge in [-0.1, -0.05) is 65.8 Å². The van der Waals surface area contributed by atoms with E-state index in [0.29, 0.717) is 6.54 Å². The van der Waals surface area contributed by atoms with Gasteiger partial charge < -0.3 is 4.42 Å². The lowest BCUT2D eigenvalue weighted by Gasteiger charge is -2.05. The number of hydrogen-bond donors (Lipinski definition) is 1. The molecule has 0 spiro atoms. The molecule has 28 heavy (non-hydrogen) atoms. The van der Waals surface area contributed by atoms with Crippen molar-refractivity contribution in [3.05, 3.63) is 95.3 Å². The lowest BCUT2D eigenvalue weighted by atomic mass is 10.1. The molecule has 0 saturated heterocycles. The zero-order chi connectivity index (χ0) is 19.3. The second-order valence-electron chi connectivity index (χ2n) is 6.52. The van der Waals surface area contributed by atoms with Crippen LogP contribution in [0.2, 0.25) is 0 Å². The monoisotopic (exact) mass is 388 g/mol. The van der Waals surface area contributed by atoms with Gasteiger partial charge in [-0.25, -0.2) is 4.57 Å². The van der Waals surface area contributed by atoms with Crippen molar-refractivity contribution in [3.8, 4) is 11.3 Å². The fourth-order valence-electron chi connectivity index (χ4n) is 3.16. The average Bonchev–Trinajstić information content (AvgIpc) is 3.35. The zero-order valence-corrected chi connectivity index (χ0v) is 16.7. The van der Waals surface area contributed by atoms with Gasteiger partial charge in [0, 0.05) is 5.56 Å². The van der Waals surface area contributed by atoms with Crippen molar-refractivity contribution in [3.63, 3.8) is 0 Å². The van der Waals surface area contributed by atoms with Gasteiger partial charge in [0.2, 0.25) is 0 Å².